The zero-order valence-corrected chi connectivity index (χ0v) is 7.83. The first kappa shape index (κ1) is 10.4. The first-order chi connectivity index (χ1) is 6.27. The van der Waals surface area contributed by atoms with Crippen LogP contribution in [0.5, 0.6) is 0 Å². The van der Waals surface area contributed by atoms with Gasteiger partial charge in [0.15, 0.2) is 0 Å². The van der Waals surface area contributed by atoms with Crippen LogP contribution in [0.15, 0.2) is 0 Å². The Morgan fingerprint density at radius 3 is 2.85 bits per heavy atom. The Kier molecular flexibility index (Phi) is 4.14. The van der Waals surface area contributed by atoms with Gasteiger partial charge in [0.05, 0.1) is 13.3 Å². The van der Waals surface area contributed by atoms with Gasteiger partial charge in [-0.25, -0.2) is 0 Å². The first-order valence-corrected chi connectivity index (χ1v) is 4.69. The largest absolute Gasteiger partial charge is 0.330 e. The van der Waals surface area contributed by atoms with Gasteiger partial charge in [0.2, 0.25) is 5.91 Å². The number of rotatable bonds is 4. The number of nitrogens with two attached hydrogens (primary N) is 2. The number of amides is 1. The maximum atomic E-state index is 11.4. The van der Waals surface area contributed by atoms with Crippen molar-refractivity contribution in [2.24, 2.45) is 11.5 Å². The lowest BCUT2D eigenvalue weighted by atomic mass is 10.1. The van der Waals surface area contributed by atoms with Crippen LogP contribution in [-0.2, 0) is 4.79 Å². The fourth-order valence-electron chi connectivity index (χ4n) is 1.47. The van der Waals surface area contributed by atoms with Gasteiger partial charge in [-0.1, -0.05) is 0 Å². The van der Waals surface area contributed by atoms with Crippen LogP contribution in [0.25, 0.3) is 0 Å². The third-order valence-corrected chi connectivity index (χ3v) is 2.32. The summed E-state index contributed by atoms with van der Waals surface area (Å²) in [5.74, 6) is 0.142. The van der Waals surface area contributed by atoms with Gasteiger partial charge in [0.25, 0.3) is 0 Å². The molecule has 1 amide bonds. The highest BCUT2D eigenvalue weighted by Crippen LogP contribution is 2.08. The molecule has 1 fully saturated rings. The van der Waals surface area contributed by atoms with E-state index >= 15 is 0 Å². The Hall–Kier alpha value is -0.650. The van der Waals surface area contributed by atoms with Crippen LogP contribution in [0.4, 0.5) is 0 Å². The van der Waals surface area contributed by atoms with Crippen molar-refractivity contribution in [1.29, 1.82) is 0 Å². The number of carbonyl (C=O) groups excluding carboxylic acids is 1. The van der Waals surface area contributed by atoms with Gasteiger partial charge in [-0.2, -0.15) is 0 Å². The van der Waals surface area contributed by atoms with Gasteiger partial charge in [-0.15, -0.1) is 0 Å². The lowest BCUT2D eigenvalue weighted by Crippen LogP contribution is -2.52. The highest BCUT2D eigenvalue weighted by atomic mass is 16.2. The van der Waals surface area contributed by atoms with E-state index < -0.39 is 0 Å². The molecule has 0 aromatic carbocycles. The standard InChI is InChI=1S/C8H18N4O/c9-3-1-2-7-4-8(13)12(5-10)6-11-7/h7,11H,1-6,9-10H2/t7-/m1/s1. The zero-order chi connectivity index (χ0) is 9.68. The molecular weight excluding hydrogens is 168 g/mol. The van der Waals surface area contributed by atoms with E-state index in [9.17, 15) is 4.79 Å². The van der Waals surface area contributed by atoms with Crippen molar-refractivity contribution >= 4 is 5.91 Å². The van der Waals surface area contributed by atoms with Crippen molar-refractivity contribution in [3.05, 3.63) is 0 Å². The summed E-state index contributed by atoms with van der Waals surface area (Å²) in [5, 5.41) is 3.25. The number of carbonyl (C=O) groups is 1. The van der Waals surface area contributed by atoms with E-state index in [2.05, 4.69) is 5.32 Å². The molecule has 76 valence electrons. The smallest absolute Gasteiger partial charge is 0.226 e. The number of nitrogens with zero attached hydrogens (tertiary/aromatic N) is 1. The van der Waals surface area contributed by atoms with E-state index in [1.807, 2.05) is 0 Å². The summed E-state index contributed by atoms with van der Waals surface area (Å²) in [5.41, 5.74) is 10.8. The van der Waals surface area contributed by atoms with Crippen molar-refractivity contribution in [1.82, 2.24) is 10.2 Å². The quantitative estimate of drug-likeness (QED) is 0.514. The molecule has 0 bridgehead atoms. The second-order valence-electron chi connectivity index (χ2n) is 3.31. The van der Waals surface area contributed by atoms with Crippen LogP contribution >= 0.6 is 0 Å². The molecule has 1 aliphatic heterocycles. The molecular formula is C8H18N4O. The highest BCUT2D eigenvalue weighted by Gasteiger charge is 2.23. The van der Waals surface area contributed by atoms with E-state index in [1.54, 1.807) is 4.90 Å². The van der Waals surface area contributed by atoms with E-state index in [1.165, 1.54) is 0 Å². The molecule has 0 saturated carbocycles. The molecule has 0 radical (unpaired) electrons. The monoisotopic (exact) mass is 186 g/mol. The van der Waals surface area contributed by atoms with E-state index in [4.69, 9.17) is 11.5 Å². The minimum Gasteiger partial charge on any atom is -0.330 e. The van der Waals surface area contributed by atoms with Crippen molar-refractivity contribution < 1.29 is 4.79 Å². The first-order valence-electron chi connectivity index (χ1n) is 4.69. The number of hydrogen-bond acceptors (Lipinski definition) is 4. The van der Waals surface area contributed by atoms with Crippen LogP contribution in [-0.4, -0.2) is 36.7 Å². The van der Waals surface area contributed by atoms with Gasteiger partial charge >= 0.3 is 0 Å². The molecule has 0 aromatic heterocycles. The van der Waals surface area contributed by atoms with E-state index in [0.29, 0.717) is 32.3 Å². The van der Waals surface area contributed by atoms with E-state index in [0.717, 1.165) is 12.8 Å². The molecule has 0 aromatic rings. The van der Waals surface area contributed by atoms with Crippen LogP contribution in [0.3, 0.4) is 0 Å². The van der Waals surface area contributed by atoms with Crippen molar-refractivity contribution in [3.63, 3.8) is 0 Å². The summed E-state index contributed by atoms with van der Waals surface area (Å²) in [4.78, 5) is 13.0. The Morgan fingerprint density at radius 2 is 2.31 bits per heavy atom. The SMILES string of the molecule is NCCC[C@@H]1CC(=O)N(CN)CN1. The van der Waals surface area contributed by atoms with Gasteiger partial charge < -0.3 is 16.4 Å². The molecule has 1 heterocycles. The maximum Gasteiger partial charge on any atom is 0.226 e. The van der Waals surface area contributed by atoms with Gasteiger partial charge in [0, 0.05) is 12.5 Å². The summed E-state index contributed by atoms with van der Waals surface area (Å²) in [7, 11) is 0. The maximum absolute atomic E-state index is 11.4. The molecule has 1 atom stereocenters. The Bertz CT molecular complexity index is 174. The molecule has 5 nitrogen and oxygen atoms in total. The molecule has 1 rings (SSSR count). The molecule has 5 N–H and O–H groups in total. The topological polar surface area (TPSA) is 84.4 Å². The normalized spacial score (nSPS) is 23.7. The fourth-order valence-corrected chi connectivity index (χ4v) is 1.47. The van der Waals surface area contributed by atoms with E-state index in [-0.39, 0.29) is 5.91 Å². The average molecular weight is 186 g/mol. The third-order valence-electron chi connectivity index (χ3n) is 2.32. The second-order valence-corrected chi connectivity index (χ2v) is 3.31. The predicted octanol–water partition coefficient (Wildman–Crippen LogP) is -1.21. The van der Waals surface area contributed by atoms with Gasteiger partial charge in [-0.05, 0) is 19.4 Å². The molecule has 0 spiro atoms. The summed E-state index contributed by atoms with van der Waals surface area (Å²) in [6, 6.07) is 0.291. The van der Waals surface area contributed by atoms with Crippen molar-refractivity contribution in [2.45, 2.75) is 25.3 Å². The molecule has 13 heavy (non-hydrogen) atoms. The van der Waals surface area contributed by atoms with Crippen molar-refractivity contribution in [3.8, 4) is 0 Å². The number of nitrogens with one attached hydrogen (secondary N) is 1. The minimum atomic E-state index is 0.142. The predicted molar refractivity (Wildman–Crippen MR) is 50.6 cm³/mol. The minimum absolute atomic E-state index is 0.142. The van der Waals surface area contributed by atoms with Crippen LogP contribution in [0.2, 0.25) is 0 Å². The lowest BCUT2D eigenvalue weighted by molar-refractivity contribution is -0.134. The van der Waals surface area contributed by atoms with Gasteiger partial charge in [-0.3, -0.25) is 10.1 Å². The van der Waals surface area contributed by atoms with Crippen molar-refractivity contribution in [2.75, 3.05) is 19.9 Å². The average Bonchev–Trinajstić information content (AvgIpc) is 2.15. The van der Waals surface area contributed by atoms with Gasteiger partial charge in [0.1, 0.15) is 0 Å². The Morgan fingerprint density at radius 1 is 1.54 bits per heavy atom. The van der Waals surface area contributed by atoms with Crippen LogP contribution < -0.4 is 16.8 Å². The molecule has 5 heteroatoms. The number of hydrogen-bond donors (Lipinski definition) is 3. The molecule has 1 saturated heterocycles. The summed E-state index contributed by atoms with van der Waals surface area (Å²) >= 11 is 0. The van der Waals surface area contributed by atoms with Crippen LogP contribution in [0, 0.1) is 0 Å². The summed E-state index contributed by atoms with van der Waals surface area (Å²) < 4.78 is 0. The lowest BCUT2D eigenvalue weighted by Gasteiger charge is -2.31. The summed E-state index contributed by atoms with van der Waals surface area (Å²) in [6.07, 6.45) is 2.49. The third kappa shape index (κ3) is 2.95. The Balaban J connectivity index is 2.28. The second kappa shape index (κ2) is 5.16. The van der Waals surface area contributed by atoms with Crippen LogP contribution in [0.1, 0.15) is 19.3 Å². The molecule has 1 aliphatic rings. The Labute approximate surface area is 78.4 Å². The zero-order valence-electron chi connectivity index (χ0n) is 7.83. The summed E-state index contributed by atoms with van der Waals surface area (Å²) in [6.45, 7) is 1.56. The molecule has 0 unspecified atom stereocenters. The molecule has 0 aliphatic carbocycles. The fraction of sp³-hybridized carbons (Fsp3) is 0.875. The highest BCUT2D eigenvalue weighted by molar-refractivity contribution is 5.77.